The van der Waals surface area contributed by atoms with Crippen LogP contribution in [0.3, 0.4) is 0 Å². The monoisotopic (exact) mass is 373 g/mol. The van der Waals surface area contributed by atoms with Crippen LogP contribution in [-0.4, -0.2) is 20.8 Å². The normalized spacial score (nSPS) is 11.5. The number of H-pyrrole nitrogens is 1. The van der Waals surface area contributed by atoms with Gasteiger partial charge >= 0.3 is 6.03 Å². The maximum absolute atomic E-state index is 12.6. The van der Waals surface area contributed by atoms with E-state index >= 15 is 0 Å². The summed E-state index contributed by atoms with van der Waals surface area (Å²) in [6, 6.07) is 19.1. The molecule has 0 aliphatic rings. The Balaban J connectivity index is 1.60. The van der Waals surface area contributed by atoms with Crippen LogP contribution in [0.4, 0.5) is 16.3 Å². The van der Waals surface area contributed by atoms with Crippen molar-refractivity contribution in [1.29, 1.82) is 0 Å². The van der Waals surface area contributed by atoms with Crippen LogP contribution in [-0.2, 0) is 5.41 Å². The van der Waals surface area contributed by atoms with Crippen molar-refractivity contribution in [3.05, 3.63) is 72.6 Å². The maximum Gasteiger partial charge on any atom is 0.324 e. The molecule has 0 saturated heterocycles. The topological polar surface area (TPSA) is 74.7 Å². The lowest BCUT2D eigenvalue weighted by molar-refractivity contribution is 0.262. The second-order valence-electron chi connectivity index (χ2n) is 7.77. The van der Waals surface area contributed by atoms with Gasteiger partial charge in [-0.05, 0) is 36.4 Å². The number of rotatable bonds is 3. The predicted octanol–water partition coefficient (Wildman–Crippen LogP) is 5.30. The summed E-state index contributed by atoms with van der Waals surface area (Å²) in [6.07, 6.45) is 1.88. The summed E-state index contributed by atoms with van der Waals surface area (Å²) in [5.41, 5.74) is 3.42. The van der Waals surface area contributed by atoms with Gasteiger partial charge in [-0.25, -0.2) is 9.48 Å². The van der Waals surface area contributed by atoms with Crippen molar-refractivity contribution in [3.63, 3.8) is 0 Å². The maximum atomic E-state index is 12.6. The number of nitrogens with one attached hydrogen (secondary N) is 3. The second-order valence-corrected chi connectivity index (χ2v) is 7.77. The van der Waals surface area contributed by atoms with Gasteiger partial charge in [-0.1, -0.05) is 39.0 Å². The molecule has 0 spiro atoms. The number of nitrogens with zero attached hydrogens (tertiary/aromatic N) is 2. The van der Waals surface area contributed by atoms with Crippen molar-refractivity contribution in [1.82, 2.24) is 14.8 Å². The van der Waals surface area contributed by atoms with Crippen LogP contribution in [0, 0.1) is 0 Å². The van der Waals surface area contributed by atoms with E-state index < -0.39 is 0 Å². The van der Waals surface area contributed by atoms with Crippen molar-refractivity contribution >= 4 is 28.4 Å². The number of benzene rings is 2. The molecule has 0 aliphatic carbocycles. The summed E-state index contributed by atoms with van der Waals surface area (Å²) in [5, 5.41) is 11.6. The first kappa shape index (κ1) is 17.9. The minimum absolute atomic E-state index is 0.133. The molecule has 0 unspecified atom stereocenters. The van der Waals surface area contributed by atoms with E-state index in [1.165, 1.54) is 0 Å². The third kappa shape index (κ3) is 3.62. The highest BCUT2D eigenvalue weighted by Crippen LogP contribution is 2.26. The van der Waals surface area contributed by atoms with Gasteiger partial charge in [0, 0.05) is 34.3 Å². The van der Waals surface area contributed by atoms with E-state index in [0.29, 0.717) is 5.82 Å². The summed E-state index contributed by atoms with van der Waals surface area (Å²) < 4.78 is 1.76. The van der Waals surface area contributed by atoms with Crippen molar-refractivity contribution < 1.29 is 4.79 Å². The van der Waals surface area contributed by atoms with E-state index in [0.717, 1.165) is 28.0 Å². The Morgan fingerprint density at radius 1 is 1.00 bits per heavy atom. The molecule has 0 fully saturated rings. The lowest BCUT2D eigenvalue weighted by atomic mass is 9.92. The number of amides is 2. The molecule has 28 heavy (non-hydrogen) atoms. The molecular formula is C22H23N5O. The molecule has 3 N–H and O–H groups in total. The number of hydrogen-bond donors (Lipinski definition) is 3. The number of urea groups is 1. The zero-order valence-electron chi connectivity index (χ0n) is 16.2. The Kier molecular flexibility index (Phi) is 4.39. The first-order chi connectivity index (χ1) is 13.4. The molecule has 142 valence electrons. The van der Waals surface area contributed by atoms with Gasteiger partial charge < -0.3 is 10.3 Å². The quantitative estimate of drug-likeness (QED) is 0.456. The van der Waals surface area contributed by atoms with Crippen LogP contribution in [0.2, 0.25) is 0 Å². The minimum Gasteiger partial charge on any atom is -0.361 e. The molecule has 0 radical (unpaired) electrons. The molecule has 0 atom stereocenters. The largest absolute Gasteiger partial charge is 0.361 e. The third-order valence-corrected chi connectivity index (χ3v) is 4.53. The summed E-state index contributed by atoms with van der Waals surface area (Å²) in [7, 11) is 0. The van der Waals surface area contributed by atoms with Crippen LogP contribution in [0.5, 0.6) is 0 Å². The van der Waals surface area contributed by atoms with Crippen LogP contribution >= 0.6 is 0 Å². The lowest BCUT2D eigenvalue weighted by Crippen LogP contribution is -2.21. The first-order valence-electron chi connectivity index (χ1n) is 9.21. The van der Waals surface area contributed by atoms with Crippen molar-refractivity contribution in [2.75, 3.05) is 10.6 Å². The minimum atomic E-state index is -0.313. The van der Waals surface area contributed by atoms with Crippen LogP contribution in [0.1, 0.15) is 26.5 Å². The lowest BCUT2D eigenvalue weighted by Gasteiger charge is -2.14. The second kappa shape index (κ2) is 6.88. The average Bonchev–Trinajstić information content (AvgIpc) is 3.28. The van der Waals surface area contributed by atoms with Gasteiger partial charge in [-0.3, -0.25) is 5.32 Å². The SMILES string of the molecule is CC(C)(C)c1cc(NC(=O)Nc2ccc3[nH]ccc3c2)n(-c2ccccc2)n1. The first-order valence-corrected chi connectivity index (χ1v) is 9.21. The van der Waals surface area contributed by atoms with Crippen molar-refractivity contribution in [2.45, 2.75) is 26.2 Å². The number of carbonyl (C=O) groups excluding carboxylic acids is 1. The highest BCUT2D eigenvalue weighted by molar-refractivity contribution is 6.00. The number of anilines is 2. The molecule has 0 bridgehead atoms. The molecule has 2 amide bonds. The number of carbonyl (C=O) groups is 1. The highest BCUT2D eigenvalue weighted by Gasteiger charge is 2.21. The third-order valence-electron chi connectivity index (χ3n) is 4.53. The zero-order chi connectivity index (χ0) is 19.7. The Morgan fingerprint density at radius 2 is 1.79 bits per heavy atom. The fourth-order valence-electron chi connectivity index (χ4n) is 3.01. The smallest absolute Gasteiger partial charge is 0.324 e. The molecule has 4 aromatic rings. The summed E-state index contributed by atoms with van der Waals surface area (Å²) in [6.45, 7) is 6.29. The Morgan fingerprint density at radius 3 is 2.54 bits per heavy atom. The summed E-state index contributed by atoms with van der Waals surface area (Å²) in [5.74, 6) is 0.622. The van der Waals surface area contributed by atoms with Gasteiger partial charge in [0.05, 0.1) is 11.4 Å². The van der Waals surface area contributed by atoms with E-state index in [4.69, 9.17) is 5.10 Å². The predicted molar refractivity (Wildman–Crippen MR) is 113 cm³/mol. The van der Waals surface area contributed by atoms with Gasteiger partial charge in [0.15, 0.2) is 0 Å². The number of aromatic amines is 1. The molecule has 6 heteroatoms. The standard InChI is InChI=1S/C22H23N5O/c1-22(2,3)19-14-20(27(26-19)17-7-5-4-6-8-17)25-21(28)24-16-9-10-18-15(13-16)11-12-23-18/h4-14,23H,1-3H3,(H2,24,25,28). The molecule has 4 rings (SSSR count). The molecule has 0 saturated carbocycles. The van der Waals surface area contributed by atoms with Crippen molar-refractivity contribution in [3.8, 4) is 5.69 Å². The van der Waals surface area contributed by atoms with Crippen molar-refractivity contribution in [2.24, 2.45) is 0 Å². The highest BCUT2D eigenvalue weighted by atomic mass is 16.2. The van der Waals surface area contributed by atoms with E-state index in [9.17, 15) is 4.79 Å². The zero-order valence-corrected chi connectivity index (χ0v) is 16.2. The van der Waals surface area contributed by atoms with E-state index in [1.807, 2.05) is 66.9 Å². The Hall–Kier alpha value is -3.54. The molecule has 2 aromatic carbocycles. The Labute approximate surface area is 163 Å². The molecule has 2 aromatic heterocycles. The fourth-order valence-corrected chi connectivity index (χ4v) is 3.01. The average molecular weight is 373 g/mol. The van der Waals surface area contributed by atoms with Gasteiger partial charge in [0.2, 0.25) is 0 Å². The van der Waals surface area contributed by atoms with Crippen LogP contribution in [0.15, 0.2) is 66.9 Å². The van der Waals surface area contributed by atoms with Crippen LogP contribution < -0.4 is 10.6 Å². The molecular weight excluding hydrogens is 350 g/mol. The Bertz CT molecular complexity index is 1120. The number of aromatic nitrogens is 3. The molecule has 0 aliphatic heterocycles. The summed E-state index contributed by atoms with van der Waals surface area (Å²) in [4.78, 5) is 15.8. The number of para-hydroxylation sites is 1. The number of fused-ring (bicyclic) bond motifs is 1. The van der Waals surface area contributed by atoms with E-state index in [2.05, 4.69) is 36.4 Å². The number of hydrogen-bond acceptors (Lipinski definition) is 2. The van der Waals surface area contributed by atoms with Gasteiger partial charge in [-0.15, -0.1) is 0 Å². The fraction of sp³-hybridized carbons (Fsp3) is 0.182. The van der Waals surface area contributed by atoms with E-state index in [1.54, 1.807) is 4.68 Å². The van der Waals surface area contributed by atoms with Gasteiger partial charge in [0.25, 0.3) is 0 Å². The van der Waals surface area contributed by atoms with E-state index in [-0.39, 0.29) is 11.4 Å². The summed E-state index contributed by atoms with van der Waals surface area (Å²) >= 11 is 0. The van der Waals surface area contributed by atoms with Gasteiger partial charge in [-0.2, -0.15) is 5.10 Å². The van der Waals surface area contributed by atoms with Gasteiger partial charge in [0.1, 0.15) is 5.82 Å². The molecule has 6 nitrogen and oxygen atoms in total. The molecule has 2 heterocycles. The van der Waals surface area contributed by atoms with Crippen LogP contribution in [0.25, 0.3) is 16.6 Å².